The Morgan fingerprint density at radius 2 is 2.47 bits per heavy atom. The second-order valence-corrected chi connectivity index (χ2v) is 4.56. The van der Waals surface area contributed by atoms with Gasteiger partial charge in [-0.05, 0) is 34.8 Å². The fraction of sp³-hybridized carbons (Fsp3) is 0.400. The molecule has 0 aromatic carbocycles. The van der Waals surface area contributed by atoms with Crippen LogP contribution >= 0.6 is 15.9 Å². The number of pyridine rings is 1. The smallest absolute Gasteiger partial charge is 0.177 e. The predicted molar refractivity (Wildman–Crippen MR) is 59.5 cm³/mol. The summed E-state index contributed by atoms with van der Waals surface area (Å²) in [5, 5.41) is 0. The molecule has 3 heterocycles. The van der Waals surface area contributed by atoms with E-state index in [1.165, 1.54) is 0 Å². The number of rotatable bonds is 1. The lowest BCUT2D eigenvalue weighted by Crippen LogP contribution is -1.97. The number of nitrogens with zero attached hydrogens (tertiary/aromatic N) is 2. The summed E-state index contributed by atoms with van der Waals surface area (Å²) < 4.78 is 6.52. The molecule has 1 saturated heterocycles. The van der Waals surface area contributed by atoms with Gasteiger partial charge in [-0.15, -0.1) is 0 Å². The van der Waals surface area contributed by atoms with Crippen molar-refractivity contribution in [3.8, 4) is 0 Å². The minimum absolute atomic E-state index is 0.123. The Morgan fingerprint density at radius 1 is 1.53 bits per heavy atom. The highest BCUT2D eigenvalue weighted by molar-refractivity contribution is 9.10. The van der Waals surface area contributed by atoms with Gasteiger partial charge in [0.15, 0.2) is 5.65 Å². The fourth-order valence-electron chi connectivity index (χ4n) is 1.84. The number of halogens is 1. The molecule has 0 unspecified atom stereocenters. The summed E-state index contributed by atoms with van der Waals surface area (Å²) in [6.07, 6.45) is 4.03. The number of imidazole rings is 1. The van der Waals surface area contributed by atoms with Gasteiger partial charge in [-0.25, -0.2) is 9.97 Å². The first-order valence-corrected chi connectivity index (χ1v) is 5.75. The largest absolute Gasteiger partial charge is 0.370 e. The van der Waals surface area contributed by atoms with Crippen molar-refractivity contribution in [2.75, 3.05) is 6.61 Å². The van der Waals surface area contributed by atoms with Gasteiger partial charge >= 0.3 is 0 Å². The second kappa shape index (κ2) is 3.57. The minimum atomic E-state index is 0.123. The Kier molecular flexibility index (Phi) is 2.21. The third-order valence-corrected chi connectivity index (χ3v) is 2.99. The molecule has 0 saturated carbocycles. The number of hydrogen-bond acceptors (Lipinski definition) is 3. The van der Waals surface area contributed by atoms with E-state index in [1.54, 1.807) is 6.20 Å². The van der Waals surface area contributed by atoms with Crippen LogP contribution < -0.4 is 0 Å². The van der Waals surface area contributed by atoms with Crippen molar-refractivity contribution in [2.45, 2.75) is 18.9 Å². The average Bonchev–Trinajstić information content (AvgIpc) is 2.84. The highest BCUT2D eigenvalue weighted by atomic mass is 79.9. The van der Waals surface area contributed by atoms with E-state index in [0.717, 1.165) is 40.9 Å². The highest BCUT2D eigenvalue weighted by Gasteiger charge is 2.21. The Bertz CT molecular complexity index is 490. The number of H-pyrrole nitrogens is 1. The Morgan fingerprint density at radius 3 is 3.27 bits per heavy atom. The van der Waals surface area contributed by atoms with E-state index < -0.39 is 0 Å². The normalized spacial score (nSPS) is 21.3. The molecule has 1 aliphatic heterocycles. The highest BCUT2D eigenvalue weighted by Crippen LogP contribution is 2.27. The number of aromatic amines is 1. The van der Waals surface area contributed by atoms with Crippen LogP contribution in [0.15, 0.2) is 16.7 Å². The first kappa shape index (κ1) is 9.30. The summed E-state index contributed by atoms with van der Waals surface area (Å²) in [7, 11) is 0. The molecule has 2 aromatic heterocycles. The van der Waals surface area contributed by atoms with Gasteiger partial charge in [-0.2, -0.15) is 0 Å². The van der Waals surface area contributed by atoms with Crippen molar-refractivity contribution in [1.29, 1.82) is 0 Å². The minimum Gasteiger partial charge on any atom is -0.370 e. The van der Waals surface area contributed by atoms with Gasteiger partial charge in [-0.3, -0.25) is 0 Å². The predicted octanol–water partition coefficient (Wildman–Crippen LogP) is 2.57. The fourth-order valence-corrected chi connectivity index (χ4v) is 2.17. The molecule has 15 heavy (non-hydrogen) atoms. The maximum atomic E-state index is 5.57. The van der Waals surface area contributed by atoms with E-state index in [1.807, 2.05) is 6.07 Å². The zero-order valence-corrected chi connectivity index (χ0v) is 9.62. The van der Waals surface area contributed by atoms with Crippen molar-refractivity contribution < 1.29 is 4.74 Å². The van der Waals surface area contributed by atoms with Crippen LogP contribution in [-0.4, -0.2) is 21.6 Å². The zero-order chi connectivity index (χ0) is 10.3. The number of ether oxygens (including phenoxy) is 1. The van der Waals surface area contributed by atoms with Crippen LogP contribution in [-0.2, 0) is 4.74 Å². The Balaban J connectivity index is 2.05. The maximum absolute atomic E-state index is 5.57. The van der Waals surface area contributed by atoms with Gasteiger partial charge in [0.2, 0.25) is 0 Å². The Hall–Kier alpha value is -0.940. The molecular weight excluding hydrogens is 258 g/mol. The van der Waals surface area contributed by atoms with Gasteiger partial charge in [-0.1, -0.05) is 0 Å². The molecular formula is C10H10BrN3O. The average molecular weight is 268 g/mol. The van der Waals surface area contributed by atoms with E-state index in [-0.39, 0.29) is 6.10 Å². The molecule has 1 N–H and O–H groups in total. The third kappa shape index (κ3) is 1.66. The van der Waals surface area contributed by atoms with Crippen molar-refractivity contribution in [1.82, 2.24) is 15.0 Å². The monoisotopic (exact) mass is 267 g/mol. The third-order valence-electron chi connectivity index (χ3n) is 2.56. The lowest BCUT2D eigenvalue weighted by molar-refractivity contribution is 0.106. The number of fused-ring (bicyclic) bond motifs is 1. The molecule has 0 bridgehead atoms. The van der Waals surface area contributed by atoms with Crippen molar-refractivity contribution in [3.63, 3.8) is 0 Å². The van der Waals surface area contributed by atoms with E-state index in [2.05, 4.69) is 30.9 Å². The molecule has 2 aromatic rings. The Labute approximate surface area is 95.2 Å². The van der Waals surface area contributed by atoms with E-state index in [9.17, 15) is 0 Å². The molecule has 5 heteroatoms. The second-order valence-electron chi connectivity index (χ2n) is 3.65. The van der Waals surface area contributed by atoms with Crippen LogP contribution in [0.3, 0.4) is 0 Å². The SMILES string of the molecule is Brc1cnc2nc([C@H]3CCCO3)[nH]c2c1. The molecule has 78 valence electrons. The summed E-state index contributed by atoms with van der Waals surface area (Å²) in [5.74, 6) is 0.896. The van der Waals surface area contributed by atoms with Crippen LogP contribution in [0.4, 0.5) is 0 Å². The molecule has 1 fully saturated rings. The molecule has 0 aliphatic carbocycles. The molecule has 0 amide bonds. The van der Waals surface area contributed by atoms with Crippen molar-refractivity contribution in [3.05, 3.63) is 22.6 Å². The number of hydrogen-bond donors (Lipinski definition) is 1. The lowest BCUT2D eigenvalue weighted by atomic mass is 10.2. The van der Waals surface area contributed by atoms with Crippen molar-refractivity contribution >= 4 is 27.1 Å². The van der Waals surface area contributed by atoms with Gasteiger partial charge in [0.1, 0.15) is 11.9 Å². The van der Waals surface area contributed by atoms with Crippen LogP contribution in [0.2, 0.25) is 0 Å². The van der Waals surface area contributed by atoms with Crippen LogP contribution in [0.25, 0.3) is 11.2 Å². The molecule has 4 nitrogen and oxygen atoms in total. The lowest BCUT2D eigenvalue weighted by Gasteiger charge is -2.03. The summed E-state index contributed by atoms with van der Waals surface area (Å²) in [5.41, 5.74) is 1.71. The molecule has 1 aliphatic rings. The van der Waals surface area contributed by atoms with Gasteiger partial charge in [0.25, 0.3) is 0 Å². The van der Waals surface area contributed by atoms with Crippen LogP contribution in [0.5, 0.6) is 0 Å². The van der Waals surface area contributed by atoms with E-state index in [4.69, 9.17) is 4.74 Å². The van der Waals surface area contributed by atoms with Gasteiger partial charge in [0.05, 0.1) is 5.52 Å². The standard InChI is InChI=1S/C10H10BrN3O/c11-6-4-7-9(12-5-6)14-10(13-7)8-2-1-3-15-8/h4-5,8H,1-3H2,(H,12,13,14)/t8-/m1/s1. The summed E-state index contributed by atoms with van der Waals surface area (Å²) in [6.45, 7) is 0.832. The first-order valence-electron chi connectivity index (χ1n) is 4.96. The quantitative estimate of drug-likeness (QED) is 0.864. The summed E-state index contributed by atoms with van der Waals surface area (Å²) in [6, 6.07) is 1.98. The van der Waals surface area contributed by atoms with Gasteiger partial charge < -0.3 is 9.72 Å². The summed E-state index contributed by atoms with van der Waals surface area (Å²) in [4.78, 5) is 11.9. The van der Waals surface area contributed by atoms with Crippen molar-refractivity contribution in [2.24, 2.45) is 0 Å². The zero-order valence-electron chi connectivity index (χ0n) is 8.03. The molecule has 0 radical (unpaired) electrons. The summed E-state index contributed by atoms with van der Waals surface area (Å²) >= 11 is 3.38. The van der Waals surface area contributed by atoms with Gasteiger partial charge in [0, 0.05) is 17.3 Å². The van der Waals surface area contributed by atoms with Crippen LogP contribution in [0.1, 0.15) is 24.8 Å². The molecule has 0 spiro atoms. The first-order chi connectivity index (χ1) is 7.33. The number of nitrogens with one attached hydrogen (secondary N) is 1. The topological polar surface area (TPSA) is 50.8 Å². The molecule has 1 atom stereocenters. The van der Waals surface area contributed by atoms with E-state index >= 15 is 0 Å². The molecule has 3 rings (SSSR count). The van der Waals surface area contributed by atoms with Crippen LogP contribution in [0, 0.1) is 0 Å². The maximum Gasteiger partial charge on any atom is 0.177 e. The van der Waals surface area contributed by atoms with E-state index in [0.29, 0.717) is 0 Å². The number of aromatic nitrogens is 3.